The zero-order valence-corrected chi connectivity index (χ0v) is 25.7. The Morgan fingerprint density at radius 1 is 0.739 bits per heavy atom. The number of carbonyl (C=O) groups excluding carboxylic acids is 1. The molecule has 2 N–H and O–H groups in total. The molecule has 6 aromatic carbocycles. The van der Waals surface area contributed by atoms with Gasteiger partial charge in [0.1, 0.15) is 6.54 Å². The van der Waals surface area contributed by atoms with E-state index in [1.54, 1.807) is 18.2 Å². The standard InChI is InChI=1S/C39H30ClN3O3/c40-30-18-19-34(33(20-30)39(41-21-36(45)46)27-10-2-1-3-11-27)42-35(44)24-43-22-28-16-14-25-8-4-6-12-31(25)37(28)38-29(23-43)17-15-26-9-5-7-13-32(26)38/h1-20H,21-24H2,(H,42,44)(H,45,46). The third kappa shape index (κ3) is 5.88. The Bertz CT molecular complexity index is 2070. The lowest BCUT2D eigenvalue weighted by atomic mass is 9.88. The highest BCUT2D eigenvalue weighted by Crippen LogP contribution is 2.42. The number of carboxylic acids is 1. The van der Waals surface area contributed by atoms with Crippen LogP contribution in [0.15, 0.2) is 126 Å². The molecule has 0 radical (unpaired) electrons. The van der Waals surface area contributed by atoms with Crippen molar-refractivity contribution < 1.29 is 14.7 Å². The second kappa shape index (κ2) is 12.6. The van der Waals surface area contributed by atoms with Gasteiger partial charge in [0.25, 0.3) is 0 Å². The van der Waals surface area contributed by atoms with Crippen LogP contribution in [0.2, 0.25) is 5.02 Å². The van der Waals surface area contributed by atoms with Gasteiger partial charge < -0.3 is 10.4 Å². The molecule has 0 aliphatic carbocycles. The number of carbonyl (C=O) groups is 2. The molecule has 0 aromatic heterocycles. The van der Waals surface area contributed by atoms with E-state index < -0.39 is 12.5 Å². The second-order valence-corrected chi connectivity index (χ2v) is 11.9. The van der Waals surface area contributed by atoms with Crippen molar-refractivity contribution in [3.63, 3.8) is 0 Å². The molecule has 0 atom stereocenters. The van der Waals surface area contributed by atoms with Crippen molar-refractivity contribution in [2.24, 2.45) is 4.99 Å². The lowest BCUT2D eigenvalue weighted by Gasteiger charge is -2.21. The minimum Gasteiger partial charge on any atom is -0.480 e. The Labute approximate surface area is 271 Å². The Hall–Kier alpha value is -5.30. The van der Waals surface area contributed by atoms with Gasteiger partial charge >= 0.3 is 5.97 Å². The van der Waals surface area contributed by atoms with Gasteiger partial charge in [0.15, 0.2) is 0 Å². The molecular weight excluding hydrogens is 594 g/mol. The summed E-state index contributed by atoms with van der Waals surface area (Å²) in [4.78, 5) is 31.8. The van der Waals surface area contributed by atoms with E-state index in [-0.39, 0.29) is 12.5 Å². The molecule has 7 heteroatoms. The summed E-state index contributed by atoms with van der Waals surface area (Å²) in [6.07, 6.45) is 0. The van der Waals surface area contributed by atoms with Crippen LogP contribution in [0.1, 0.15) is 22.3 Å². The van der Waals surface area contributed by atoms with Gasteiger partial charge in [-0.15, -0.1) is 0 Å². The first-order valence-electron chi connectivity index (χ1n) is 15.1. The van der Waals surface area contributed by atoms with E-state index in [2.05, 4.69) is 88.0 Å². The molecule has 0 bridgehead atoms. The summed E-state index contributed by atoms with van der Waals surface area (Å²) in [6, 6.07) is 40.1. The predicted molar refractivity (Wildman–Crippen MR) is 186 cm³/mol. The monoisotopic (exact) mass is 623 g/mol. The van der Waals surface area contributed by atoms with E-state index in [9.17, 15) is 14.7 Å². The van der Waals surface area contributed by atoms with Gasteiger partial charge in [-0.1, -0.05) is 115 Å². The molecule has 1 aliphatic rings. The molecule has 6 nitrogen and oxygen atoms in total. The highest BCUT2D eigenvalue weighted by Gasteiger charge is 2.25. The third-order valence-electron chi connectivity index (χ3n) is 8.37. The number of anilines is 1. The minimum atomic E-state index is -1.05. The second-order valence-electron chi connectivity index (χ2n) is 11.4. The first kappa shape index (κ1) is 29.4. The maximum atomic E-state index is 13.8. The predicted octanol–water partition coefficient (Wildman–Crippen LogP) is 8.19. The van der Waals surface area contributed by atoms with Crippen molar-refractivity contribution in [1.29, 1.82) is 0 Å². The Balaban J connectivity index is 1.24. The fourth-order valence-corrected chi connectivity index (χ4v) is 6.60. The maximum Gasteiger partial charge on any atom is 0.325 e. The number of rotatable bonds is 7. The van der Waals surface area contributed by atoms with Gasteiger partial charge in [-0.05, 0) is 62.0 Å². The van der Waals surface area contributed by atoms with E-state index in [0.29, 0.717) is 35.1 Å². The number of amides is 1. The quantitative estimate of drug-likeness (QED) is 0.176. The molecule has 0 saturated heterocycles. The summed E-state index contributed by atoms with van der Waals surface area (Å²) < 4.78 is 0. The van der Waals surface area contributed by atoms with Gasteiger partial charge in [-0.3, -0.25) is 19.5 Å². The molecule has 1 aliphatic heterocycles. The van der Waals surface area contributed by atoms with Crippen LogP contribution in [-0.2, 0) is 22.7 Å². The number of aliphatic carboxylic acids is 1. The average Bonchev–Trinajstić information content (AvgIpc) is 3.23. The van der Waals surface area contributed by atoms with Crippen LogP contribution < -0.4 is 5.32 Å². The first-order valence-corrected chi connectivity index (χ1v) is 15.5. The fourth-order valence-electron chi connectivity index (χ4n) is 6.43. The number of aliphatic imine (C=N–C) groups is 1. The average molecular weight is 624 g/mol. The largest absolute Gasteiger partial charge is 0.480 e. The summed E-state index contributed by atoms with van der Waals surface area (Å²) in [5, 5.41) is 17.7. The van der Waals surface area contributed by atoms with Crippen molar-refractivity contribution in [1.82, 2.24) is 4.90 Å². The van der Waals surface area contributed by atoms with E-state index in [1.807, 2.05) is 30.3 Å². The molecule has 1 heterocycles. The van der Waals surface area contributed by atoms with Crippen molar-refractivity contribution in [2.45, 2.75) is 13.1 Å². The van der Waals surface area contributed by atoms with E-state index >= 15 is 0 Å². The number of halogens is 1. The number of hydrogen-bond donors (Lipinski definition) is 2. The van der Waals surface area contributed by atoms with Gasteiger partial charge in [-0.2, -0.15) is 0 Å². The summed E-state index contributed by atoms with van der Waals surface area (Å²) in [5.41, 5.74) is 7.00. The fraction of sp³-hybridized carbons (Fsp3) is 0.103. The van der Waals surface area contributed by atoms with Crippen LogP contribution >= 0.6 is 11.6 Å². The number of benzene rings is 6. The van der Waals surface area contributed by atoms with Crippen LogP contribution in [0, 0.1) is 0 Å². The van der Waals surface area contributed by atoms with Crippen LogP contribution in [0.3, 0.4) is 0 Å². The summed E-state index contributed by atoms with van der Waals surface area (Å²) in [6.45, 7) is 0.923. The number of hydrogen-bond acceptors (Lipinski definition) is 4. The van der Waals surface area contributed by atoms with Gasteiger partial charge in [0, 0.05) is 29.2 Å². The maximum absolute atomic E-state index is 13.8. The Morgan fingerprint density at radius 2 is 1.33 bits per heavy atom. The molecule has 0 spiro atoms. The minimum absolute atomic E-state index is 0.146. The molecule has 1 amide bonds. The summed E-state index contributed by atoms with van der Waals surface area (Å²) in [7, 11) is 0. The summed E-state index contributed by atoms with van der Waals surface area (Å²) >= 11 is 6.41. The third-order valence-corrected chi connectivity index (χ3v) is 8.60. The summed E-state index contributed by atoms with van der Waals surface area (Å²) in [5.74, 6) is -1.25. The molecule has 7 rings (SSSR count). The normalized spacial score (nSPS) is 13.2. The topological polar surface area (TPSA) is 82.0 Å². The number of nitrogens with one attached hydrogen (secondary N) is 1. The number of carboxylic acid groups (broad SMARTS) is 1. The first-order chi connectivity index (χ1) is 22.4. The van der Waals surface area contributed by atoms with Gasteiger partial charge in [-0.25, -0.2) is 0 Å². The highest BCUT2D eigenvalue weighted by atomic mass is 35.5. The molecule has 6 aromatic rings. The van der Waals surface area contributed by atoms with Crippen molar-refractivity contribution in [3.05, 3.63) is 149 Å². The van der Waals surface area contributed by atoms with Crippen molar-refractivity contribution in [2.75, 3.05) is 18.4 Å². The Morgan fingerprint density at radius 3 is 1.93 bits per heavy atom. The van der Waals surface area contributed by atoms with Crippen LogP contribution in [0.5, 0.6) is 0 Å². The lowest BCUT2D eigenvalue weighted by Crippen LogP contribution is -2.32. The van der Waals surface area contributed by atoms with Crippen LogP contribution in [0.4, 0.5) is 5.69 Å². The molecular formula is C39H30ClN3O3. The van der Waals surface area contributed by atoms with Crippen molar-refractivity contribution >= 4 is 56.4 Å². The SMILES string of the molecule is O=C(O)CN=C(c1ccccc1)c1cc(Cl)ccc1NC(=O)CN1Cc2ccc3ccccc3c2-c2c(ccc3ccccc23)C1. The van der Waals surface area contributed by atoms with Gasteiger partial charge in [0.05, 0.1) is 17.9 Å². The van der Waals surface area contributed by atoms with E-state index in [0.717, 1.165) is 5.56 Å². The Kier molecular flexibility index (Phi) is 8.06. The van der Waals surface area contributed by atoms with Crippen LogP contribution in [-0.4, -0.2) is 40.7 Å². The number of nitrogens with zero attached hydrogens (tertiary/aromatic N) is 2. The molecule has 46 heavy (non-hydrogen) atoms. The van der Waals surface area contributed by atoms with Crippen molar-refractivity contribution in [3.8, 4) is 11.1 Å². The molecule has 0 fully saturated rings. The van der Waals surface area contributed by atoms with Crippen LogP contribution in [0.25, 0.3) is 32.7 Å². The smallest absolute Gasteiger partial charge is 0.325 e. The lowest BCUT2D eigenvalue weighted by molar-refractivity contribution is -0.135. The molecule has 0 unspecified atom stereocenters. The van der Waals surface area contributed by atoms with E-state index in [4.69, 9.17) is 11.6 Å². The molecule has 226 valence electrons. The highest BCUT2D eigenvalue weighted by molar-refractivity contribution is 6.31. The number of fused-ring (bicyclic) bond motifs is 7. The van der Waals surface area contributed by atoms with E-state index in [1.165, 1.54) is 43.8 Å². The molecule has 0 saturated carbocycles. The zero-order valence-electron chi connectivity index (χ0n) is 24.9. The van der Waals surface area contributed by atoms with Gasteiger partial charge in [0.2, 0.25) is 5.91 Å². The zero-order chi connectivity index (χ0) is 31.6.